The van der Waals surface area contributed by atoms with E-state index in [0.717, 1.165) is 9.80 Å². The van der Waals surface area contributed by atoms with E-state index in [1.165, 1.54) is 39.1 Å². The lowest BCUT2D eigenvalue weighted by Gasteiger charge is -2.19. The molecule has 1 N–H and O–H groups in total. The average Bonchev–Trinajstić information content (AvgIpc) is 2.77. The van der Waals surface area contributed by atoms with E-state index < -0.39 is 48.3 Å². The Labute approximate surface area is 160 Å². The van der Waals surface area contributed by atoms with E-state index in [4.69, 9.17) is 16.3 Å². The molecule has 0 atom stereocenters. The Morgan fingerprint density at radius 2 is 2.00 bits per heavy atom. The lowest BCUT2D eigenvalue weighted by Crippen LogP contribution is -2.41. The first-order valence-corrected chi connectivity index (χ1v) is 8.37. The van der Waals surface area contributed by atoms with Crippen molar-refractivity contribution in [2.75, 3.05) is 20.2 Å². The largest absolute Gasteiger partial charge is 0.454 e. The number of urea groups is 1. The molecule has 146 valence electrons. The third kappa shape index (κ3) is 4.73. The number of hydrogen-bond donors (Lipinski definition) is 1. The number of carbonyl (C=O) groups excluding carboxylic acids is 4. The molecule has 8 nitrogen and oxygen atoms in total. The van der Waals surface area contributed by atoms with Crippen LogP contribution >= 0.6 is 11.6 Å². The van der Waals surface area contributed by atoms with E-state index in [2.05, 4.69) is 5.32 Å². The summed E-state index contributed by atoms with van der Waals surface area (Å²) in [6.45, 7) is 1.68. The van der Waals surface area contributed by atoms with Crippen LogP contribution in [0.5, 0.6) is 0 Å². The Morgan fingerprint density at radius 3 is 2.56 bits per heavy atom. The lowest BCUT2D eigenvalue weighted by molar-refractivity contribution is -0.153. The van der Waals surface area contributed by atoms with Crippen molar-refractivity contribution in [1.82, 2.24) is 15.1 Å². The number of hydrogen-bond acceptors (Lipinski definition) is 5. The predicted octanol–water partition coefficient (Wildman–Crippen LogP) is 1.31. The van der Waals surface area contributed by atoms with Crippen molar-refractivity contribution in [1.29, 1.82) is 0 Å². The predicted molar refractivity (Wildman–Crippen MR) is 93.2 cm³/mol. The minimum absolute atomic E-state index is 0.108. The number of nitrogens with zero attached hydrogens (tertiary/aromatic N) is 2. The molecule has 4 amide bonds. The van der Waals surface area contributed by atoms with Gasteiger partial charge in [0.05, 0.1) is 0 Å². The fourth-order valence-electron chi connectivity index (χ4n) is 2.40. The summed E-state index contributed by atoms with van der Waals surface area (Å²) in [6.07, 6.45) is 0. The van der Waals surface area contributed by atoms with Crippen LogP contribution in [0, 0.1) is 5.82 Å². The van der Waals surface area contributed by atoms with Crippen molar-refractivity contribution in [2.45, 2.75) is 25.9 Å². The summed E-state index contributed by atoms with van der Waals surface area (Å²) in [4.78, 5) is 49.5. The maximum absolute atomic E-state index is 13.8. The highest BCUT2D eigenvalue weighted by Crippen LogP contribution is 2.20. The monoisotopic (exact) mass is 399 g/mol. The van der Waals surface area contributed by atoms with Gasteiger partial charge < -0.3 is 15.0 Å². The van der Waals surface area contributed by atoms with Gasteiger partial charge in [0.1, 0.15) is 17.9 Å². The average molecular weight is 400 g/mol. The quantitative estimate of drug-likeness (QED) is 0.574. The van der Waals surface area contributed by atoms with E-state index in [1.54, 1.807) is 0 Å². The van der Waals surface area contributed by atoms with Gasteiger partial charge in [-0.2, -0.15) is 0 Å². The number of rotatable bonds is 6. The van der Waals surface area contributed by atoms with Crippen molar-refractivity contribution in [3.05, 3.63) is 34.6 Å². The molecule has 27 heavy (non-hydrogen) atoms. The van der Waals surface area contributed by atoms with Gasteiger partial charge in [-0.25, -0.2) is 9.18 Å². The van der Waals surface area contributed by atoms with Gasteiger partial charge in [0.15, 0.2) is 6.61 Å². The van der Waals surface area contributed by atoms with Crippen molar-refractivity contribution < 1.29 is 28.3 Å². The van der Waals surface area contributed by atoms with Gasteiger partial charge >= 0.3 is 12.0 Å². The molecule has 1 aromatic carbocycles. The van der Waals surface area contributed by atoms with Crippen LogP contribution in [-0.2, 0) is 25.7 Å². The Kier molecular flexibility index (Phi) is 6.04. The number of carbonyl (C=O) groups is 4. The minimum atomic E-state index is -1.10. The van der Waals surface area contributed by atoms with Crippen LogP contribution in [0.3, 0.4) is 0 Å². The van der Waals surface area contributed by atoms with E-state index in [1.807, 2.05) is 0 Å². The molecule has 0 saturated carbocycles. The second-order valence-corrected chi connectivity index (χ2v) is 6.96. The van der Waals surface area contributed by atoms with Crippen LogP contribution in [0.4, 0.5) is 9.18 Å². The third-order valence-electron chi connectivity index (χ3n) is 3.97. The number of ether oxygens (including phenoxy) is 1. The number of halogens is 2. The summed E-state index contributed by atoms with van der Waals surface area (Å²) in [5.41, 5.74) is -0.963. The Balaban J connectivity index is 1.87. The number of benzene rings is 1. The Morgan fingerprint density at radius 1 is 1.33 bits per heavy atom. The summed E-state index contributed by atoms with van der Waals surface area (Å²) in [5, 5.41) is 2.60. The van der Waals surface area contributed by atoms with Crippen molar-refractivity contribution in [3.63, 3.8) is 0 Å². The summed E-state index contributed by atoms with van der Waals surface area (Å²) >= 11 is 5.91. The van der Waals surface area contributed by atoms with E-state index in [0.29, 0.717) is 0 Å². The molecule has 0 aromatic heterocycles. The van der Waals surface area contributed by atoms with Crippen LogP contribution in [0.2, 0.25) is 5.02 Å². The second kappa shape index (κ2) is 7.91. The molecule has 0 unspecified atom stereocenters. The van der Waals surface area contributed by atoms with Gasteiger partial charge in [0.2, 0.25) is 0 Å². The van der Waals surface area contributed by atoms with Gasteiger partial charge in [0, 0.05) is 24.2 Å². The van der Waals surface area contributed by atoms with Crippen LogP contribution in [0.15, 0.2) is 18.2 Å². The van der Waals surface area contributed by atoms with E-state index in [-0.39, 0.29) is 17.1 Å². The number of imide groups is 1. The van der Waals surface area contributed by atoms with E-state index >= 15 is 0 Å². The maximum Gasteiger partial charge on any atom is 0.326 e. The van der Waals surface area contributed by atoms with Crippen molar-refractivity contribution in [2.24, 2.45) is 0 Å². The van der Waals surface area contributed by atoms with Crippen molar-refractivity contribution >= 4 is 35.4 Å². The van der Waals surface area contributed by atoms with Gasteiger partial charge in [-0.3, -0.25) is 19.3 Å². The number of nitrogens with one attached hydrogen (secondary N) is 1. The molecule has 1 heterocycles. The normalized spacial score (nSPS) is 15.5. The lowest BCUT2D eigenvalue weighted by atomic mass is 10.1. The molecular weight excluding hydrogens is 381 g/mol. The van der Waals surface area contributed by atoms with Crippen LogP contribution in [-0.4, -0.2) is 59.4 Å². The summed E-state index contributed by atoms with van der Waals surface area (Å²) in [5.74, 6) is -2.63. The zero-order valence-corrected chi connectivity index (χ0v) is 15.8. The smallest absolute Gasteiger partial charge is 0.326 e. The fraction of sp³-hybridized carbons (Fsp3) is 0.412. The molecule has 0 bridgehead atoms. The highest BCUT2D eigenvalue weighted by atomic mass is 35.5. The van der Waals surface area contributed by atoms with E-state index in [9.17, 15) is 23.6 Å². The van der Waals surface area contributed by atoms with Crippen LogP contribution in [0.25, 0.3) is 0 Å². The zero-order chi connectivity index (χ0) is 20.4. The molecule has 1 fully saturated rings. The Bertz CT molecular complexity index is 779. The molecule has 1 saturated heterocycles. The molecule has 10 heteroatoms. The SMILES string of the molecule is CN(Cc1c(F)cccc1Cl)C(=O)COC(=O)CN1C(=O)NC(C)(C)C1=O. The van der Waals surface area contributed by atoms with Crippen LogP contribution in [0.1, 0.15) is 19.4 Å². The Hall–Kier alpha value is -2.68. The second-order valence-electron chi connectivity index (χ2n) is 6.56. The standard InChI is InChI=1S/C17H19ClFN3O5/c1-17(2)15(25)22(16(26)20-17)8-14(24)27-9-13(23)21(3)7-10-11(18)5-4-6-12(10)19/h4-6H,7-9H2,1-3H3,(H,20,26). The van der Waals surface area contributed by atoms with Gasteiger partial charge in [0.25, 0.3) is 11.8 Å². The first kappa shape index (κ1) is 20.6. The molecule has 0 spiro atoms. The van der Waals surface area contributed by atoms with Gasteiger partial charge in [-0.1, -0.05) is 17.7 Å². The highest BCUT2D eigenvalue weighted by molar-refractivity contribution is 6.31. The summed E-state index contributed by atoms with van der Waals surface area (Å²) < 4.78 is 18.6. The molecule has 1 aliphatic heterocycles. The topological polar surface area (TPSA) is 96.0 Å². The van der Waals surface area contributed by atoms with Gasteiger partial charge in [-0.15, -0.1) is 0 Å². The molecular formula is C17H19ClFN3O5. The first-order chi connectivity index (χ1) is 12.5. The fourth-order valence-corrected chi connectivity index (χ4v) is 2.62. The van der Waals surface area contributed by atoms with Crippen LogP contribution < -0.4 is 5.32 Å². The summed E-state index contributed by atoms with van der Waals surface area (Å²) in [6, 6.07) is 3.46. The minimum Gasteiger partial charge on any atom is -0.454 e. The molecule has 2 rings (SSSR count). The maximum atomic E-state index is 13.8. The molecule has 0 aliphatic carbocycles. The highest BCUT2D eigenvalue weighted by Gasteiger charge is 2.45. The molecule has 0 radical (unpaired) electrons. The molecule has 1 aromatic rings. The molecule has 1 aliphatic rings. The zero-order valence-electron chi connectivity index (χ0n) is 15.0. The number of amides is 4. The number of likely N-dealkylation sites (N-methyl/N-ethyl adjacent to an activating group) is 1. The third-order valence-corrected chi connectivity index (χ3v) is 4.33. The van der Waals surface area contributed by atoms with Gasteiger partial charge in [-0.05, 0) is 26.0 Å². The number of esters is 1. The van der Waals surface area contributed by atoms with Crippen molar-refractivity contribution in [3.8, 4) is 0 Å². The first-order valence-electron chi connectivity index (χ1n) is 7.99. The summed E-state index contributed by atoms with van der Waals surface area (Å²) in [7, 11) is 1.40.